The highest BCUT2D eigenvalue weighted by Crippen LogP contribution is 2.36. The number of carbonyl (C=O) groups is 1. The molecule has 0 radical (unpaired) electrons. The number of carbonyl (C=O) groups excluding carboxylic acids is 1. The van der Waals surface area contributed by atoms with Gasteiger partial charge in [0, 0.05) is 0 Å². The maximum Gasteiger partial charge on any atom is 0.338 e. The highest BCUT2D eigenvalue weighted by Gasteiger charge is 2.33. The lowest BCUT2D eigenvalue weighted by molar-refractivity contribution is -0.139. The van der Waals surface area contributed by atoms with E-state index in [0.29, 0.717) is 33.0 Å². The summed E-state index contributed by atoms with van der Waals surface area (Å²) in [6, 6.07) is 18.5. The Hall–Kier alpha value is -3.34. The average Bonchev–Trinajstić information content (AvgIpc) is 3.22. The largest absolute Gasteiger partial charge is 0.487 e. The van der Waals surface area contributed by atoms with Gasteiger partial charge >= 0.3 is 5.97 Å². The summed E-state index contributed by atoms with van der Waals surface area (Å²) in [5, 5.41) is 0. The van der Waals surface area contributed by atoms with Crippen molar-refractivity contribution in [1.29, 1.82) is 0 Å². The van der Waals surface area contributed by atoms with Crippen LogP contribution in [0.5, 0.6) is 5.75 Å². The molecule has 0 amide bonds. The standard InChI is InChI=1S/C30H23Br2FN2O4S/c1-3-38-29(37)25-17(2)34-30-35(26(25)20-9-11-21(33)12-10-20)28(36)24(40-30)15-19-13-22(31)27(23(32)14-19)39-16-18-7-5-4-6-8-18/h4-15,26H,3,16H2,1-2H3/b24-15-/t26-/m0/s1. The van der Waals surface area contributed by atoms with E-state index < -0.39 is 17.8 Å². The fraction of sp³-hybridized carbons (Fsp3) is 0.167. The Morgan fingerprint density at radius 3 is 2.42 bits per heavy atom. The van der Waals surface area contributed by atoms with Gasteiger partial charge in [-0.3, -0.25) is 9.36 Å². The number of ether oxygens (including phenoxy) is 2. The van der Waals surface area contributed by atoms with Crippen LogP contribution in [0.2, 0.25) is 0 Å². The molecular weight excluding hydrogens is 663 g/mol. The van der Waals surface area contributed by atoms with E-state index in [0.717, 1.165) is 20.1 Å². The molecule has 4 aromatic rings. The molecule has 0 bridgehead atoms. The number of hydrogen-bond donors (Lipinski definition) is 0. The Bertz CT molecular complexity index is 1780. The highest BCUT2D eigenvalue weighted by molar-refractivity contribution is 9.11. The zero-order chi connectivity index (χ0) is 28.4. The Balaban J connectivity index is 1.56. The predicted molar refractivity (Wildman–Crippen MR) is 159 cm³/mol. The van der Waals surface area contributed by atoms with Gasteiger partial charge in [0.2, 0.25) is 0 Å². The Morgan fingerprint density at radius 1 is 1.10 bits per heavy atom. The number of esters is 1. The van der Waals surface area contributed by atoms with Gasteiger partial charge in [-0.05, 0) is 92.7 Å². The topological polar surface area (TPSA) is 69.9 Å². The molecule has 5 rings (SSSR count). The van der Waals surface area contributed by atoms with Crippen molar-refractivity contribution >= 4 is 55.2 Å². The number of nitrogens with zero attached hydrogens (tertiary/aromatic N) is 2. The molecule has 1 aliphatic rings. The van der Waals surface area contributed by atoms with Gasteiger partial charge < -0.3 is 9.47 Å². The molecule has 0 aliphatic carbocycles. The van der Waals surface area contributed by atoms with Gasteiger partial charge in [-0.25, -0.2) is 14.2 Å². The maximum absolute atomic E-state index is 13.8. The second-order valence-electron chi connectivity index (χ2n) is 8.94. The van der Waals surface area contributed by atoms with Gasteiger partial charge in [0.05, 0.1) is 37.4 Å². The number of thiazole rings is 1. The van der Waals surface area contributed by atoms with E-state index in [9.17, 15) is 14.0 Å². The number of rotatable bonds is 7. The van der Waals surface area contributed by atoms with E-state index in [2.05, 4.69) is 36.9 Å². The first kappa shape index (κ1) is 28.2. The third kappa shape index (κ3) is 5.75. The van der Waals surface area contributed by atoms with Crippen molar-refractivity contribution in [3.05, 3.63) is 129 Å². The summed E-state index contributed by atoms with van der Waals surface area (Å²) in [6.45, 7) is 4.00. The van der Waals surface area contributed by atoms with E-state index in [1.165, 1.54) is 28.0 Å². The molecule has 1 atom stereocenters. The molecule has 1 aromatic heterocycles. The fourth-order valence-electron chi connectivity index (χ4n) is 4.43. The van der Waals surface area contributed by atoms with Gasteiger partial charge in [0.15, 0.2) is 4.80 Å². The molecule has 40 heavy (non-hydrogen) atoms. The Labute approximate surface area is 250 Å². The molecule has 10 heteroatoms. The number of fused-ring (bicyclic) bond motifs is 1. The van der Waals surface area contributed by atoms with Crippen LogP contribution in [-0.4, -0.2) is 17.1 Å². The molecule has 0 saturated heterocycles. The Morgan fingerprint density at radius 2 is 1.77 bits per heavy atom. The second-order valence-corrected chi connectivity index (χ2v) is 11.7. The number of benzene rings is 3. The van der Waals surface area contributed by atoms with Crippen LogP contribution >= 0.6 is 43.2 Å². The zero-order valence-electron chi connectivity index (χ0n) is 21.5. The van der Waals surface area contributed by atoms with Crippen molar-refractivity contribution in [2.24, 2.45) is 4.99 Å². The molecular formula is C30H23Br2FN2O4S. The number of aromatic nitrogens is 1. The van der Waals surface area contributed by atoms with Gasteiger partial charge in [0.25, 0.3) is 5.56 Å². The van der Waals surface area contributed by atoms with E-state index in [1.807, 2.05) is 42.5 Å². The first-order valence-corrected chi connectivity index (χ1v) is 14.8. The normalized spacial score (nSPS) is 15.0. The fourth-order valence-corrected chi connectivity index (χ4v) is 6.93. The molecule has 0 unspecified atom stereocenters. The van der Waals surface area contributed by atoms with Crippen LogP contribution in [0.1, 0.15) is 36.6 Å². The summed E-state index contributed by atoms with van der Waals surface area (Å²) in [7, 11) is 0. The second kappa shape index (κ2) is 12.0. The Kier molecular flexibility index (Phi) is 8.48. The third-order valence-electron chi connectivity index (χ3n) is 6.25. The molecule has 1 aliphatic heterocycles. The first-order chi connectivity index (χ1) is 19.3. The van der Waals surface area contributed by atoms with Crippen molar-refractivity contribution < 1.29 is 18.7 Å². The van der Waals surface area contributed by atoms with E-state index in [1.54, 1.807) is 32.1 Å². The molecule has 0 fully saturated rings. The van der Waals surface area contributed by atoms with Crippen molar-refractivity contribution in [3.8, 4) is 5.75 Å². The lowest BCUT2D eigenvalue weighted by atomic mass is 9.96. The number of allylic oxidation sites excluding steroid dienone is 1. The molecule has 204 valence electrons. The van der Waals surface area contributed by atoms with Crippen molar-refractivity contribution in [1.82, 2.24) is 4.57 Å². The van der Waals surface area contributed by atoms with Crippen LogP contribution in [-0.2, 0) is 16.1 Å². The molecule has 3 aromatic carbocycles. The van der Waals surface area contributed by atoms with Gasteiger partial charge in [0.1, 0.15) is 18.2 Å². The summed E-state index contributed by atoms with van der Waals surface area (Å²) in [6.07, 6.45) is 1.77. The lowest BCUT2D eigenvalue weighted by Crippen LogP contribution is -2.39. The molecule has 0 N–H and O–H groups in total. The van der Waals surface area contributed by atoms with Crippen LogP contribution in [0.3, 0.4) is 0 Å². The summed E-state index contributed by atoms with van der Waals surface area (Å²) >= 11 is 8.40. The van der Waals surface area contributed by atoms with Crippen LogP contribution in [0, 0.1) is 5.82 Å². The maximum atomic E-state index is 13.8. The van der Waals surface area contributed by atoms with Gasteiger partial charge in [-0.1, -0.05) is 53.8 Å². The summed E-state index contributed by atoms with van der Waals surface area (Å²) in [5.74, 6) is -0.332. The van der Waals surface area contributed by atoms with Crippen LogP contribution in [0.4, 0.5) is 4.39 Å². The molecule has 6 nitrogen and oxygen atoms in total. The quantitative estimate of drug-likeness (QED) is 0.223. The SMILES string of the molecule is CCOC(=O)C1=C(C)N=c2s/c(=C\c3cc(Br)c(OCc4ccccc4)c(Br)c3)c(=O)n2[C@H]1c1ccc(F)cc1. The molecule has 0 saturated carbocycles. The molecule has 2 heterocycles. The highest BCUT2D eigenvalue weighted by atomic mass is 79.9. The minimum atomic E-state index is -0.801. The predicted octanol–water partition coefficient (Wildman–Crippen LogP) is 6.04. The van der Waals surface area contributed by atoms with Crippen molar-refractivity contribution in [2.45, 2.75) is 26.5 Å². The number of halogens is 3. The van der Waals surface area contributed by atoms with Crippen LogP contribution in [0.25, 0.3) is 6.08 Å². The van der Waals surface area contributed by atoms with Crippen molar-refractivity contribution in [2.75, 3.05) is 6.61 Å². The van der Waals surface area contributed by atoms with E-state index >= 15 is 0 Å². The van der Waals surface area contributed by atoms with Gasteiger partial charge in [-0.15, -0.1) is 0 Å². The molecule has 0 spiro atoms. The van der Waals surface area contributed by atoms with Crippen molar-refractivity contribution in [3.63, 3.8) is 0 Å². The smallest absolute Gasteiger partial charge is 0.338 e. The summed E-state index contributed by atoms with van der Waals surface area (Å²) in [5.41, 5.74) is 2.76. The summed E-state index contributed by atoms with van der Waals surface area (Å²) in [4.78, 5) is 31.8. The lowest BCUT2D eigenvalue weighted by Gasteiger charge is -2.24. The van der Waals surface area contributed by atoms with Crippen LogP contribution < -0.4 is 19.6 Å². The number of hydrogen-bond acceptors (Lipinski definition) is 6. The first-order valence-electron chi connectivity index (χ1n) is 12.4. The average molecular weight is 686 g/mol. The summed E-state index contributed by atoms with van der Waals surface area (Å²) < 4.78 is 28.4. The monoisotopic (exact) mass is 684 g/mol. The minimum Gasteiger partial charge on any atom is -0.487 e. The van der Waals surface area contributed by atoms with E-state index in [4.69, 9.17) is 9.47 Å². The minimum absolute atomic E-state index is 0.172. The third-order valence-corrected chi connectivity index (χ3v) is 8.41. The zero-order valence-corrected chi connectivity index (χ0v) is 25.5. The van der Waals surface area contributed by atoms with Crippen LogP contribution in [0.15, 0.2) is 96.7 Å². The van der Waals surface area contributed by atoms with Gasteiger partial charge in [-0.2, -0.15) is 0 Å². The van der Waals surface area contributed by atoms with E-state index in [-0.39, 0.29) is 17.7 Å².